The first-order valence-corrected chi connectivity index (χ1v) is 21.2. The second kappa shape index (κ2) is 6.84. The van der Waals surface area contributed by atoms with Crippen LogP contribution in [-0.4, -0.2) is 36.0 Å². The average molecular weight is 417 g/mol. The van der Waals surface area contributed by atoms with E-state index >= 15 is 0 Å². The average Bonchev–Trinajstić information content (AvgIpc) is 2.47. The van der Waals surface area contributed by atoms with E-state index in [-0.39, 0.29) is 17.6 Å². The zero-order chi connectivity index (χ0) is 15.6. The molecule has 0 aliphatic carbocycles. The molecule has 0 fully saturated rings. The standard InChI is InChI=1S/2C8H10Si.2CH3.Sn/c2*1-9(2)8-6-4-3-5-7-8;;;/h2*4-7H,1-2H3;2*1H3;. The normalized spacial score (nSPS) is 12.2. The molecule has 0 saturated heterocycles. The predicted octanol–water partition coefficient (Wildman–Crippen LogP) is 2.43. The first-order chi connectivity index (χ1) is 9.82. The summed E-state index contributed by atoms with van der Waals surface area (Å²) >= 11 is -2.38. The molecule has 21 heavy (non-hydrogen) atoms. The van der Waals surface area contributed by atoms with E-state index in [1.165, 1.54) is 0 Å². The minimum atomic E-state index is -2.38. The molecule has 2 radical (unpaired) electrons. The van der Waals surface area contributed by atoms with Gasteiger partial charge in [-0.2, -0.15) is 0 Å². The Hall–Kier alpha value is -0.328. The van der Waals surface area contributed by atoms with Gasteiger partial charge in [-0.25, -0.2) is 0 Å². The number of benzene rings is 2. The first-order valence-electron chi connectivity index (χ1n) is 7.64. The third-order valence-electron chi connectivity index (χ3n) is 4.37. The second-order valence-corrected chi connectivity index (χ2v) is 24.5. The van der Waals surface area contributed by atoms with Crippen molar-refractivity contribution in [2.45, 2.75) is 36.1 Å². The second-order valence-electron chi connectivity index (χ2n) is 6.78. The fourth-order valence-corrected chi connectivity index (χ4v) is 10.9. The third-order valence-corrected chi connectivity index (χ3v) is 17.5. The molecule has 0 N–H and O–H groups in total. The summed E-state index contributed by atoms with van der Waals surface area (Å²) in [7, 11) is -0.652. The van der Waals surface area contributed by atoms with Gasteiger partial charge >= 0.3 is 138 Å². The van der Waals surface area contributed by atoms with Crippen molar-refractivity contribution in [3.8, 4) is 0 Å². The van der Waals surface area contributed by atoms with Crippen LogP contribution in [0.3, 0.4) is 0 Å². The molecule has 0 aliphatic rings. The monoisotopic (exact) mass is 418 g/mol. The summed E-state index contributed by atoms with van der Waals surface area (Å²) < 4.78 is 3.23. The molecule has 0 aromatic heterocycles. The minimum absolute atomic E-state index is 0.326. The summed E-state index contributed by atoms with van der Waals surface area (Å²) in [5.74, 6) is 0. The van der Waals surface area contributed by atoms with Gasteiger partial charge in [0.25, 0.3) is 0 Å². The van der Waals surface area contributed by atoms with Crippen molar-refractivity contribution in [2.75, 3.05) is 0 Å². The molecule has 2 aromatic rings. The van der Waals surface area contributed by atoms with Crippen LogP contribution in [0.2, 0.25) is 36.1 Å². The van der Waals surface area contributed by atoms with Crippen molar-refractivity contribution in [1.29, 1.82) is 0 Å². The molecule has 0 amide bonds. The van der Waals surface area contributed by atoms with Crippen molar-refractivity contribution in [3.63, 3.8) is 0 Å². The van der Waals surface area contributed by atoms with Gasteiger partial charge in [0.2, 0.25) is 0 Å². The topological polar surface area (TPSA) is 0 Å². The van der Waals surface area contributed by atoms with Crippen LogP contribution >= 0.6 is 0 Å². The number of rotatable bonds is 4. The van der Waals surface area contributed by atoms with Gasteiger partial charge in [-0.05, 0) is 0 Å². The fourth-order valence-electron chi connectivity index (χ4n) is 2.61. The number of hydrogen-bond acceptors (Lipinski definition) is 0. The maximum atomic E-state index is 2.53. The van der Waals surface area contributed by atoms with Crippen LogP contribution in [-0.2, 0) is 0 Å². The van der Waals surface area contributed by atoms with Crippen LogP contribution in [0.4, 0.5) is 0 Å². The SMILES string of the molecule is C[Si](C)c1cc[c]([Sn]([CH3])([CH3])[c]2ccc([Si](C)C)cc2)cc1. The van der Waals surface area contributed by atoms with Crippen LogP contribution in [0.5, 0.6) is 0 Å². The molecule has 2 aromatic carbocycles. The van der Waals surface area contributed by atoms with E-state index in [1.807, 2.05) is 0 Å². The first kappa shape index (κ1) is 17.0. The van der Waals surface area contributed by atoms with E-state index in [2.05, 4.69) is 84.6 Å². The molecule has 0 heterocycles. The molecule has 0 nitrogen and oxygen atoms in total. The zero-order valence-electron chi connectivity index (χ0n) is 14.1. The summed E-state index contributed by atoms with van der Waals surface area (Å²) in [6.45, 7) is 9.45. The van der Waals surface area contributed by atoms with E-state index in [1.54, 1.807) is 17.5 Å². The van der Waals surface area contributed by atoms with Gasteiger partial charge < -0.3 is 0 Å². The Labute approximate surface area is 137 Å². The van der Waals surface area contributed by atoms with Crippen molar-refractivity contribution >= 4 is 53.5 Å². The molecule has 0 spiro atoms. The molecule has 0 aliphatic heterocycles. The van der Waals surface area contributed by atoms with E-state index in [9.17, 15) is 0 Å². The quantitative estimate of drug-likeness (QED) is 0.671. The van der Waals surface area contributed by atoms with Gasteiger partial charge in [-0.1, -0.05) is 0 Å². The molecule has 0 saturated carbocycles. The molecule has 0 bridgehead atoms. The molecule has 2 rings (SSSR count). The molecule has 110 valence electrons. The number of hydrogen-bond donors (Lipinski definition) is 0. The molecular weight excluding hydrogens is 391 g/mol. The van der Waals surface area contributed by atoms with Crippen molar-refractivity contribution in [1.82, 2.24) is 0 Å². The van der Waals surface area contributed by atoms with Gasteiger partial charge in [0.05, 0.1) is 0 Å². The van der Waals surface area contributed by atoms with Crippen LogP contribution in [0, 0.1) is 0 Å². The van der Waals surface area contributed by atoms with E-state index in [0.717, 1.165) is 0 Å². The van der Waals surface area contributed by atoms with Crippen molar-refractivity contribution < 1.29 is 0 Å². The molecule has 0 unspecified atom stereocenters. The van der Waals surface area contributed by atoms with Gasteiger partial charge in [-0.15, -0.1) is 0 Å². The Kier molecular flexibility index (Phi) is 5.55. The Morgan fingerprint density at radius 2 is 0.857 bits per heavy atom. The van der Waals surface area contributed by atoms with Crippen LogP contribution < -0.4 is 17.5 Å². The van der Waals surface area contributed by atoms with Crippen molar-refractivity contribution in [2.24, 2.45) is 0 Å². The van der Waals surface area contributed by atoms with Crippen LogP contribution in [0.25, 0.3) is 0 Å². The Bertz CT molecular complexity index is 530. The zero-order valence-corrected chi connectivity index (χ0v) is 19.0. The molecule has 3 heteroatoms. The Balaban J connectivity index is 2.31. The fraction of sp³-hybridized carbons (Fsp3) is 0.333. The van der Waals surface area contributed by atoms with Gasteiger partial charge in [0.15, 0.2) is 0 Å². The molecular formula is C18H26Si2Sn. The summed E-state index contributed by atoms with van der Waals surface area (Å²) in [6, 6.07) is 19.1. The summed E-state index contributed by atoms with van der Waals surface area (Å²) in [5, 5.41) is 3.09. The summed E-state index contributed by atoms with van der Waals surface area (Å²) in [5.41, 5.74) is 0. The van der Waals surface area contributed by atoms with Gasteiger partial charge in [0, 0.05) is 0 Å². The van der Waals surface area contributed by atoms with Crippen LogP contribution in [0.15, 0.2) is 48.5 Å². The van der Waals surface area contributed by atoms with E-state index in [4.69, 9.17) is 0 Å². The maximum absolute atomic E-state index is 2.53. The van der Waals surface area contributed by atoms with E-state index < -0.39 is 18.4 Å². The van der Waals surface area contributed by atoms with Crippen molar-refractivity contribution in [3.05, 3.63) is 48.5 Å². The summed E-state index contributed by atoms with van der Waals surface area (Å²) in [6.07, 6.45) is 0. The summed E-state index contributed by atoms with van der Waals surface area (Å²) in [4.78, 5) is 5.07. The Morgan fingerprint density at radius 3 is 1.10 bits per heavy atom. The van der Waals surface area contributed by atoms with Gasteiger partial charge in [-0.3, -0.25) is 0 Å². The van der Waals surface area contributed by atoms with Crippen LogP contribution in [0.1, 0.15) is 0 Å². The molecule has 0 atom stereocenters. The third kappa shape index (κ3) is 3.90. The van der Waals surface area contributed by atoms with E-state index in [0.29, 0.717) is 0 Å². The van der Waals surface area contributed by atoms with Gasteiger partial charge in [0.1, 0.15) is 0 Å². The predicted molar refractivity (Wildman–Crippen MR) is 104 cm³/mol. The Morgan fingerprint density at radius 1 is 0.571 bits per heavy atom.